The predicted molar refractivity (Wildman–Crippen MR) is 58.7 cm³/mol. The fourth-order valence-corrected chi connectivity index (χ4v) is 1.42. The molecular formula is C11H17F3N2O. The van der Waals surface area contributed by atoms with Gasteiger partial charge in [0.2, 0.25) is 0 Å². The van der Waals surface area contributed by atoms with Gasteiger partial charge in [-0.05, 0) is 26.1 Å². The van der Waals surface area contributed by atoms with Crippen molar-refractivity contribution >= 4 is 0 Å². The standard InChI is InChI=1S/C11H17F3N2O/c1-9-3-4-10(17-9)7-16(2)6-5-15-8-11(12,13)14/h3-4,15H,5-8H2,1-2H3. The van der Waals surface area contributed by atoms with E-state index in [9.17, 15) is 13.2 Å². The zero-order valence-electron chi connectivity index (χ0n) is 9.97. The molecule has 0 aliphatic heterocycles. The highest BCUT2D eigenvalue weighted by Crippen LogP contribution is 2.12. The molecule has 1 aromatic rings. The van der Waals surface area contributed by atoms with Gasteiger partial charge in [-0.15, -0.1) is 0 Å². The van der Waals surface area contributed by atoms with Crippen LogP contribution in [0.15, 0.2) is 16.5 Å². The number of furan rings is 1. The molecule has 0 aliphatic carbocycles. The van der Waals surface area contributed by atoms with Gasteiger partial charge in [0, 0.05) is 13.1 Å². The number of hydrogen-bond acceptors (Lipinski definition) is 3. The van der Waals surface area contributed by atoms with Crippen LogP contribution in [0, 0.1) is 6.92 Å². The SMILES string of the molecule is Cc1ccc(CN(C)CCNCC(F)(F)F)o1. The molecule has 0 saturated carbocycles. The van der Waals surface area contributed by atoms with E-state index in [2.05, 4.69) is 5.32 Å². The van der Waals surface area contributed by atoms with E-state index in [1.165, 1.54) is 0 Å². The van der Waals surface area contributed by atoms with Crippen LogP contribution in [0.2, 0.25) is 0 Å². The lowest BCUT2D eigenvalue weighted by molar-refractivity contribution is -0.124. The van der Waals surface area contributed by atoms with E-state index in [0.29, 0.717) is 19.6 Å². The zero-order chi connectivity index (χ0) is 12.9. The van der Waals surface area contributed by atoms with Crippen LogP contribution in [0.3, 0.4) is 0 Å². The molecule has 0 amide bonds. The van der Waals surface area contributed by atoms with E-state index < -0.39 is 12.7 Å². The molecule has 0 aliphatic rings. The third-order valence-electron chi connectivity index (χ3n) is 2.22. The van der Waals surface area contributed by atoms with Crippen LogP contribution in [-0.2, 0) is 6.54 Å². The van der Waals surface area contributed by atoms with Gasteiger partial charge in [0.05, 0.1) is 13.1 Å². The van der Waals surface area contributed by atoms with E-state index in [1.54, 1.807) is 0 Å². The Bertz CT molecular complexity index is 336. The molecule has 0 saturated heterocycles. The minimum atomic E-state index is -4.14. The average Bonchev–Trinajstić information content (AvgIpc) is 2.57. The number of hydrogen-bond donors (Lipinski definition) is 1. The lowest BCUT2D eigenvalue weighted by atomic mass is 10.4. The molecule has 0 atom stereocenters. The average molecular weight is 250 g/mol. The number of nitrogens with one attached hydrogen (secondary N) is 1. The second-order valence-corrected chi connectivity index (χ2v) is 4.04. The first-order valence-corrected chi connectivity index (χ1v) is 5.38. The Balaban J connectivity index is 2.15. The van der Waals surface area contributed by atoms with E-state index >= 15 is 0 Å². The van der Waals surface area contributed by atoms with Crippen molar-refractivity contribution in [3.05, 3.63) is 23.7 Å². The van der Waals surface area contributed by atoms with Crippen molar-refractivity contribution in [1.29, 1.82) is 0 Å². The normalized spacial score (nSPS) is 12.4. The molecule has 0 bridgehead atoms. The molecule has 3 nitrogen and oxygen atoms in total. The summed E-state index contributed by atoms with van der Waals surface area (Å²) in [5.74, 6) is 1.66. The summed E-state index contributed by atoms with van der Waals surface area (Å²) in [5.41, 5.74) is 0. The number of nitrogens with zero attached hydrogens (tertiary/aromatic N) is 1. The summed E-state index contributed by atoms with van der Waals surface area (Å²) >= 11 is 0. The minimum Gasteiger partial charge on any atom is -0.465 e. The summed E-state index contributed by atoms with van der Waals surface area (Å²) in [5, 5.41) is 2.35. The number of aryl methyl sites for hydroxylation is 1. The lowest BCUT2D eigenvalue weighted by Crippen LogP contribution is -2.34. The van der Waals surface area contributed by atoms with Crippen molar-refractivity contribution in [2.24, 2.45) is 0 Å². The second kappa shape index (κ2) is 6.07. The highest BCUT2D eigenvalue weighted by Gasteiger charge is 2.25. The van der Waals surface area contributed by atoms with Crippen molar-refractivity contribution < 1.29 is 17.6 Å². The van der Waals surface area contributed by atoms with Crippen molar-refractivity contribution in [1.82, 2.24) is 10.2 Å². The highest BCUT2D eigenvalue weighted by atomic mass is 19.4. The van der Waals surface area contributed by atoms with Gasteiger partial charge >= 0.3 is 6.18 Å². The fraction of sp³-hybridized carbons (Fsp3) is 0.636. The zero-order valence-corrected chi connectivity index (χ0v) is 9.97. The molecule has 1 heterocycles. The topological polar surface area (TPSA) is 28.4 Å². The van der Waals surface area contributed by atoms with Crippen LogP contribution in [0.25, 0.3) is 0 Å². The van der Waals surface area contributed by atoms with Crippen LogP contribution in [-0.4, -0.2) is 37.8 Å². The van der Waals surface area contributed by atoms with Crippen molar-refractivity contribution in [3.8, 4) is 0 Å². The number of rotatable bonds is 6. The second-order valence-electron chi connectivity index (χ2n) is 4.04. The Morgan fingerprint density at radius 2 is 2.06 bits per heavy atom. The molecule has 6 heteroatoms. The Morgan fingerprint density at radius 1 is 1.35 bits per heavy atom. The first kappa shape index (κ1) is 14.1. The first-order chi connectivity index (χ1) is 7.87. The van der Waals surface area contributed by atoms with Gasteiger partial charge in [0.1, 0.15) is 11.5 Å². The van der Waals surface area contributed by atoms with Crippen LogP contribution >= 0.6 is 0 Å². The summed E-state index contributed by atoms with van der Waals surface area (Å²) in [6, 6.07) is 3.74. The molecule has 0 fully saturated rings. The third kappa shape index (κ3) is 6.33. The molecule has 1 N–H and O–H groups in total. The lowest BCUT2D eigenvalue weighted by Gasteiger charge is -2.16. The maximum Gasteiger partial charge on any atom is 0.401 e. The van der Waals surface area contributed by atoms with Crippen molar-refractivity contribution in [3.63, 3.8) is 0 Å². The molecule has 1 rings (SSSR count). The molecule has 98 valence electrons. The number of alkyl halides is 3. The van der Waals surface area contributed by atoms with Gasteiger partial charge in [0.25, 0.3) is 0 Å². The number of likely N-dealkylation sites (N-methyl/N-ethyl adjacent to an activating group) is 1. The smallest absolute Gasteiger partial charge is 0.401 e. The Labute approximate surface area is 98.6 Å². The molecule has 0 aromatic carbocycles. The minimum absolute atomic E-state index is 0.301. The largest absolute Gasteiger partial charge is 0.465 e. The first-order valence-electron chi connectivity index (χ1n) is 5.38. The maximum absolute atomic E-state index is 11.8. The third-order valence-corrected chi connectivity index (χ3v) is 2.22. The van der Waals surface area contributed by atoms with Gasteiger partial charge in [-0.2, -0.15) is 13.2 Å². The van der Waals surface area contributed by atoms with Crippen LogP contribution in [0.4, 0.5) is 13.2 Å². The summed E-state index contributed by atoms with van der Waals surface area (Å²) < 4.78 is 40.9. The molecule has 0 spiro atoms. The summed E-state index contributed by atoms with van der Waals surface area (Å²) in [4.78, 5) is 1.90. The summed E-state index contributed by atoms with van der Waals surface area (Å²) in [6.07, 6.45) is -4.14. The van der Waals surface area contributed by atoms with Gasteiger partial charge < -0.3 is 9.73 Å². The fourth-order valence-electron chi connectivity index (χ4n) is 1.42. The molecule has 17 heavy (non-hydrogen) atoms. The Hall–Kier alpha value is -1.01. The van der Waals surface area contributed by atoms with Crippen molar-refractivity contribution in [2.45, 2.75) is 19.6 Å². The van der Waals surface area contributed by atoms with Crippen LogP contribution in [0.1, 0.15) is 11.5 Å². The van der Waals surface area contributed by atoms with Gasteiger partial charge in [-0.3, -0.25) is 4.90 Å². The van der Waals surface area contributed by atoms with E-state index in [4.69, 9.17) is 4.42 Å². The Morgan fingerprint density at radius 3 is 2.59 bits per heavy atom. The number of halogens is 3. The van der Waals surface area contributed by atoms with E-state index in [-0.39, 0.29) is 0 Å². The maximum atomic E-state index is 11.8. The van der Waals surface area contributed by atoms with E-state index in [0.717, 1.165) is 11.5 Å². The molecule has 1 aromatic heterocycles. The van der Waals surface area contributed by atoms with Crippen LogP contribution < -0.4 is 5.32 Å². The predicted octanol–water partition coefficient (Wildman–Crippen LogP) is 2.17. The van der Waals surface area contributed by atoms with Gasteiger partial charge in [-0.25, -0.2) is 0 Å². The molecule has 0 unspecified atom stereocenters. The molecule has 0 radical (unpaired) electrons. The molecular weight excluding hydrogens is 233 g/mol. The van der Waals surface area contributed by atoms with E-state index in [1.807, 2.05) is 31.0 Å². The van der Waals surface area contributed by atoms with Crippen LogP contribution in [0.5, 0.6) is 0 Å². The van der Waals surface area contributed by atoms with Crippen molar-refractivity contribution in [2.75, 3.05) is 26.7 Å². The Kier molecular flexibility index (Phi) is 5.02. The quantitative estimate of drug-likeness (QED) is 0.784. The summed E-state index contributed by atoms with van der Waals surface area (Å²) in [6.45, 7) is 2.35. The van der Waals surface area contributed by atoms with Gasteiger partial charge in [0.15, 0.2) is 0 Å². The summed E-state index contributed by atoms with van der Waals surface area (Å²) in [7, 11) is 1.84. The van der Waals surface area contributed by atoms with Gasteiger partial charge in [-0.1, -0.05) is 0 Å². The highest BCUT2D eigenvalue weighted by molar-refractivity contribution is 5.05. The monoisotopic (exact) mass is 250 g/mol.